The van der Waals surface area contributed by atoms with Gasteiger partial charge in [-0.2, -0.15) is 0 Å². The molecule has 17 heavy (non-hydrogen) atoms. The molecule has 2 rings (SSSR count). The Balaban J connectivity index is 2.24. The number of benzene rings is 1. The third kappa shape index (κ3) is 2.47. The molecule has 1 heterocycles. The lowest BCUT2D eigenvalue weighted by Gasteiger charge is -2.29. The van der Waals surface area contributed by atoms with Gasteiger partial charge in [-0.25, -0.2) is 0 Å². The number of rotatable bonds is 2. The van der Waals surface area contributed by atoms with Crippen LogP contribution in [0.15, 0.2) is 18.2 Å². The Bertz CT molecular complexity index is 402. The van der Waals surface area contributed by atoms with Gasteiger partial charge in [0.2, 0.25) is 0 Å². The molecule has 2 nitrogen and oxygen atoms in total. The number of phenols is 1. The fourth-order valence-electron chi connectivity index (χ4n) is 3.06. The Labute approximate surface area is 104 Å². The van der Waals surface area contributed by atoms with Crippen molar-refractivity contribution in [3.8, 4) is 5.75 Å². The van der Waals surface area contributed by atoms with Gasteiger partial charge in [-0.1, -0.05) is 24.6 Å². The molecule has 1 saturated heterocycles. The lowest BCUT2D eigenvalue weighted by Crippen LogP contribution is -2.30. The van der Waals surface area contributed by atoms with Crippen LogP contribution in [-0.4, -0.2) is 22.6 Å². The summed E-state index contributed by atoms with van der Waals surface area (Å²) in [6, 6.07) is 6.79. The zero-order valence-corrected chi connectivity index (χ0v) is 11.3. The smallest absolute Gasteiger partial charge is 0.120 e. The van der Waals surface area contributed by atoms with E-state index in [1.54, 1.807) is 0 Å². The minimum atomic E-state index is 0.301. The number of nitrogens with zero attached hydrogens (tertiary/aromatic N) is 1. The molecule has 0 spiro atoms. The van der Waals surface area contributed by atoms with Crippen molar-refractivity contribution in [2.75, 3.05) is 6.54 Å². The predicted octanol–water partition coefficient (Wildman–Crippen LogP) is 3.49. The summed E-state index contributed by atoms with van der Waals surface area (Å²) in [5, 5.41) is 9.99. The Morgan fingerprint density at radius 1 is 1.35 bits per heavy atom. The van der Waals surface area contributed by atoms with E-state index in [-0.39, 0.29) is 0 Å². The lowest BCUT2D eigenvalue weighted by molar-refractivity contribution is 0.198. The highest BCUT2D eigenvalue weighted by molar-refractivity contribution is 5.37. The van der Waals surface area contributed by atoms with Gasteiger partial charge >= 0.3 is 0 Å². The van der Waals surface area contributed by atoms with Crippen molar-refractivity contribution in [3.63, 3.8) is 0 Å². The van der Waals surface area contributed by atoms with Crippen molar-refractivity contribution in [2.45, 2.75) is 46.2 Å². The molecule has 2 heteroatoms. The van der Waals surface area contributed by atoms with Crippen LogP contribution in [0.3, 0.4) is 0 Å². The third-order valence-electron chi connectivity index (χ3n) is 3.96. The largest absolute Gasteiger partial charge is 0.508 e. The summed E-state index contributed by atoms with van der Waals surface area (Å²) < 4.78 is 0. The maximum Gasteiger partial charge on any atom is 0.120 e. The van der Waals surface area contributed by atoms with Gasteiger partial charge in [0.25, 0.3) is 0 Å². The van der Waals surface area contributed by atoms with Gasteiger partial charge in [-0.3, -0.25) is 4.90 Å². The van der Waals surface area contributed by atoms with Crippen molar-refractivity contribution in [1.29, 1.82) is 0 Å². The van der Waals surface area contributed by atoms with Gasteiger partial charge in [0.05, 0.1) is 0 Å². The zero-order valence-electron chi connectivity index (χ0n) is 11.3. The van der Waals surface area contributed by atoms with E-state index in [1.165, 1.54) is 12.0 Å². The molecule has 0 bridgehead atoms. The van der Waals surface area contributed by atoms with Gasteiger partial charge in [-0.15, -0.1) is 0 Å². The first-order valence-electron chi connectivity index (χ1n) is 6.54. The minimum Gasteiger partial charge on any atom is -0.508 e. The van der Waals surface area contributed by atoms with Crippen LogP contribution in [0.4, 0.5) is 0 Å². The third-order valence-corrected chi connectivity index (χ3v) is 3.96. The van der Waals surface area contributed by atoms with Crippen LogP contribution in [-0.2, 0) is 0 Å². The van der Waals surface area contributed by atoms with E-state index in [4.69, 9.17) is 0 Å². The molecular weight excluding hydrogens is 210 g/mol. The van der Waals surface area contributed by atoms with Gasteiger partial charge < -0.3 is 5.11 Å². The van der Waals surface area contributed by atoms with E-state index in [0.717, 1.165) is 18.0 Å². The summed E-state index contributed by atoms with van der Waals surface area (Å²) in [6.45, 7) is 10.00. The molecule has 0 saturated carbocycles. The second-order valence-corrected chi connectivity index (χ2v) is 5.62. The van der Waals surface area contributed by atoms with Gasteiger partial charge in [0.1, 0.15) is 5.75 Å². The van der Waals surface area contributed by atoms with E-state index in [1.807, 2.05) is 12.1 Å². The minimum absolute atomic E-state index is 0.301. The maximum absolute atomic E-state index is 9.99. The second-order valence-electron chi connectivity index (χ2n) is 5.62. The van der Waals surface area contributed by atoms with Crippen molar-refractivity contribution in [3.05, 3.63) is 29.3 Å². The molecule has 1 aliphatic rings. The SMILES string of the molecule is Cc1ccc(O)c(C(C)N2CC(C)CC2C)c1. The molecule has 0 radical (unpaired) electrons. The highest BCUT2D eigenvalue weighted by atomic mass is 16.3. The number of aromatic hydroxyl groups is 1. The quantitative estimate of drug-likeness (QED) is 0.845. The molecular formula is C15H23NO. The fraction of sp³-hybridized carbons (Fsp3) is 0.600. The molecule has 1 fully saturated rings. The lowest BCUT2D eigenvalue weighted by atomic mass is 10.0. The standard InChI is InChI=1S/C15H23NO/c1-10-5-6-15(17)14(8-10)13(4)16-9-11(2)7-12(16)3/h5-6,8,11-13,17H,7,9H2,1-4H3. The van der Waals surface area contributed by atoms with E-state index in [9.17, 15) is 5.11 Å². The molecule has 1 N–H and O–H groups in total. The topological polar surface area (TPSA) is 23.5 Å². The van der Waals surface area contributed by atoms with Crippen molar-refractivity contribution < 1.29 is 5.11 Å². The Morgan fingerprint density at radius 3 is 2.65 bits per heavy atom. The van der Waals surface area contributed by atoms with Gasteiger partial charge in [0.15, 0.2) is 0 Å². The second kappa shape index (κ2) is 4.69. The maximum atomic E-state index is 9.99. The van der Waals surface area contributed by atoms with Crippen LogP contribution in [0.1, 0.15) is 44.4 Å². The molecule has 0 aliphatic carbocycles. The number of phenolic OH excluding ortho intramolecular Hbond substituents is 1. The summed E-state index contributed by atoms with van der Waals surface area (Å²) in [7, 11) is 0. The van der Waals surface area contributed by atoms with E-state index < -0.39 is 0 Å². The first-order valence-corrected chi connectivity index (χ1v) is 6.54. The van der Waals surface area contributed by atoms with Crippen LogP contribution in [0.5, 0.6) is 5.75 Å². The number of hydrogen-bond acceptors (Lipinski definition) is 2. The first kappa shape index (κ1) is 12.4. The fourth-order valence-corrected chi connectivity index (χ4v) is 3.06. The number of likely N-dealkylation sites (tertiary alicyclic amines) is 1. The molecule has 0 amide bonds. The van der Waals surface area contributed by atoms with Crippen LogP contribution >= 0.6 is 0 Å². The van der Waals surface area contributed by atoms with E-state index in [0.29, 0.717) is 17.8 Å². The number of hydrogen-bond donors (Lipinski definition) is 1. The molecule has 1 aliphatic heterocycles. The predicted molar refractivity (Wildman–Crippen MR) is 71.2 cm³/mol. The van der Waals surface area contributed by atoms with Crippen LogP contribution in [0, 0.1) is 12.8 Å². The Hall–Kier alpha value is -1.02. The molecule has 0 aromatic heterocycles. The molecule has 3 atom stereocenters. The van der Waals surface area contributed by atoms with Crippen molar-refractivity contribution >= 4 is 0 Å². The van der Waals surface area contributed by atoms with Gasteiger partial charge in [-0.05, 0) is 39.2 Å². The normalized spacial score (nSPS) is 27.3. The summed E-state index contributed by atoms with van der Waals surface area (Å²) in [4.78, 5) is 2.50. The summed E-state index contributed by atoms with van der Waals surface area (Å²) in [5.41, 5.74) is 2.27. The van der Waals surface area contributed by atoms with E-state index in [2.05, 4.69) is 38.7 Å². The summed E-state index contributed by atoms with van der Waals surface area (Å²) >= 11 is 0. The Morgan fingerprint density at radius 2 is 2.06 bits per heavy atom. The van der Waals surface area contributed by atoms with E-state index >= 15 is 0 Å². The highest BCUT2D eigenvalue weighted by Crippen LogP contribution is 2.35. The monoisotopic (exact) mass is 233 g/mol. The van der Waals surface area contributed by atoms with Crippen LogP contribution in [0.2, 0.25) is 0 Å². The summed E-state index contributed by atoms with van der Waals surface area (Å²) in [5.74, 6) is 1.19. The first-order chi connectivity index (χ1) is 7.99. The average Bonchev–Trinajstić information content (AvgIpc) is 2.60. The average molecular weight is 233 g/mol. The summed E-state index contributed by atoms with van der Waals surface area (Å²) in [6.07, 6.45) is 1.26. The van der Waals surface area contributed by atoms with Crippen molar-refractivity contribution in [1.82, 2.24) is 4.90 Å². The number of aryl methyl sites for hydroxylation is 1. The van der Waals surface area contributed by atoms with Crippen LogP contribution in [0.25, 0.3) is 0 Å². The van der Waals surface area contributed by atoms with Gasteiger partial charge in [0, 0.05) is 24.2 Å². The molecule has 3 unspecified atom stereocenters. The molecule has 1 aromatic rings. The van der Waals surface area contributed by atoms with Crippen LogP contribution < -0.4 is 0 Å². The molecule has 1 aromatic carbocycles. The highest BCUT2D eigenvalue weighted by Gasteiger charge is 2.31. The van der Waals surface area contributed by atoms with Crippen molar-refractivity contribution in [2.24, 2.45) is 5.92 Å². The zero-order chi connectivity index (χ0) is 12.6. The molecule has 94 valence electrons. The Kier molecular flexibility index (Phi) is 3.43.